The molecule has 1 unspecified atom stereocenters. The first-order valence-corrected chi connectivity index (χ1v) is 13.4. The van der Waals surface area contributed by atoms with E-state index in [1.54, 1.807) is 29.6 Å². The number of aromatic nitrogens is 1. The summed E-state index contributed by atoms with van der Waals surface area (Å²) < 4.78 is 39.1. The van der Waals surface area contributed by atoms with Crippen LogP contribution in [0.2, 0.25) is 5.02 Å². The minimum absolute atomic E-state index is 0.0863. The van der Waals surface area contributed by atoms with Gasteiger partial charge in [-0.05, 0) is 46.3 Å². The average Bonchev–Trinajstić information content (AvgIpc) is 3.18. The van der Waals surface area contributed by atoms with Crippen molar-refractivity contribution in [3.63, 3.8) is 0 Å². The molecule has 41 heavy (non-hydrogen) atoms. The summed E-state index contributed by atoms with van der Waals surface area (Å²) >= 11 is 5.98. The highest BCUT2D eigenvalue weighted by molar-refractivity contribution is 6.31. The van der Waals surface area contributed by atoms with Crippen molar-refractivity contribution in [3.8, 4) is 6.07 Å². The van der Waals surface area contributed by atoms with Gasteiger partial charge in [0.1, 0.15) is 18.1 Å². The van der Waals surface area contributed by atoms with Crippen molar-refractivity contribution in [3.05, 3.63) is 45.2 Å². The minimum atomic E-state index is -5.19. The average molecular weight is 594 g/mol. The third-order valence-corrected chi connectivity index (χ3v) is 8.42. The highest BCUT2D eigenvalue weighted by Crippen LogP contribution is 2.65. The molecule has 4 rings (SSSR count). The number of alkyl halides is 3. The number of hydrogen-bond donors (Lipinski definition) is 3. The summed E-state index contributed by atoms with van der Waals surface area (Å²) in [6.45, 7) is 8.53. The third kappa shape index (κ3) is 5.91. The Balaban J connectivity index is 1.57. The Morgan fingerprint density at radius 3 is 2.44 bits per heavy atom. The molecule has 1 saturated heterocycles. The fraction of sp³-hybridized carbons (Fsp3) is 0.536. The fourth-order valence-electron chi connectivity index (χ4n) is 5.82. The molecule has 2 aliphatic rings. The van der Waals surface area contributed by atoms with Gasteiger partial charge in [0.2, 0.25) is 11.8 Å². The lowest BCUT2D eigenvalue weighted by atomic mass is 9.85. The van der Waals surface area contributed by atoms with Crippen LogP contribution in [-0.2, 0) is 20.8 Å². The van der Waals surface area contributed by atoms with Crippen LogP contribution in [0.3, 0.4) is 0 Å². The van der Waals surface area contributed by atoms with E-state index in [0.29, 0.717) is 15.9 Å². The summed E-state index contributed by atoms with van der Waals surface area (Å²) in [5.74, 6) is -4.09. The lowest BCUT2D eigenvalue weighted by molar-refractivity contribution is -0.176. The Labute approximate surface area is 239 Å². The zero-order chi connectivity index (χ0) is 30.7. The van der Waals surface area contributed by atoms with Crippen molar-refractivity contribution in [2.75, 3.05) is 6.54 Å². The zero-order valence-corrected chi connectivity index (χ0v) is 23.9. The van der Waals surface area contributed by atoms with E-state index in [1.807, 2.05) is 19.9 Å². The third-order valence-electron chi connectivity index (χ3n) is 8.19. The number of hydrogen-bond acceptors (Lipinski definition) is 5. The Hall–Kier alpha value is -3.59. The smallest absolute Gasteiger partial charge is 0.338 e. The number of pyridine rings is 1. The molecule has 2 heterocycles. The van der Waals surface area contributed by atoms with Crippen molar-refractivity contribution in [2.24, 2.45) is 22.7 Å². The summed E-state index contributed by atoms with van der Waals surface area (Å²) in [6.07, 6.45) is -5.32. The van der Waals surface area contributed by atoms with E-state index in [-0.39, 0.29) is 35.8 Å². The van der Waals surface area contributed by atoms with Gasteiger partial charge in [-0.3, -0.25) is 19.2 Å². The maximum atomic E-state index is 13.6. The molecular weight excluding hydrogens is 563 g/mol. The van der Waals surface area contributed by atoms with Gasteiger partial charge in [0.05, 0.1) is 6.07 Å². The van der Waals surface area contributed by atoms with Gasteiger partial charge in [0.25, 0.3) is 5.56 Å². The highest BCUT2D eigenvalue weighted by Gasteiger charge is 2.70. The molecule has 0 bridgehead atoms. The van der Waals surface area contributed by atoms with Crippen molar-refractivity contribution in [2.45, 2.75) is 65.3 Å². The van der Waals surface area contributed by atoms with Crippen molar-refractivity contribution in [1.82, 2.24) is 20.5 Å². The molecule has 13 heteroatoms. The van der Waals surface area contributed by atoms with Crippen LogP contribution in [0.25, 0.3) is 10.9 Å². The lowest BCUT2D eigenvalue weighted by Crippen LogP contribution is -2.61. The molecule has 3 amide bonds. The number of nitrogens with zero attached hydrogens (tertiary/aromatic N) is 2. The summed E-state index contributed by atoms with van der Waals surface area (Å²) in [4.78, 5) is 55.6. The number of carbonyl (C=O) groups is 3. The van der Waals surface area contributed by atoms with Gasteiger partial charge in [-0.1, -0.05) is 52.3 Å². The van der Waals surface area contributed by atoms with E-state index >= 15 is 0 Å². The van der Waals surface area contributed by atoms with Crippen molar-refractivity contribution in [1.29, 1.82) is 5.26 Å². The summed E-state index contributed by atoms with van der Waals surface area (Å²) in [5, 5.41) is 15.4. The first-order chi connectivity index (χ1) is 18.9. The van der Waals surface area contributed by atoms with Crippen LogP contribution < -0.4 is 16.2 Å². The molecular formula is C28H31ClF3N5O4. The van der Waals surface area contributed by atoms with Crippen LogP contribution in [0.15, 0.2) is 29.1 Å². The largest absolute Gasteiger partial charge is 0.471 e. The Kier molecular flexibility index (Phi) is 7.67. The van der Waals surface area contributed by atoms with Gasteiger partial charge in [0, 0.05) is 29.1 Å². The normalized spacial score (nSPS) is 22.8. The SMILES string of the molecule is CC(C)(C)[C@H](NC(=O)C(F)(F)F)C(=O)N1C[C@H]2[C@H]([C@H]1C(=O)NC(C#N)Cc1cc3ccc(Cl)cc3[nH]c1=O)C2(C)C. The summed E-state index contributed by atoms with van der Waals surface area (Å²) in [6, 6.07) is 4.78. The molecule has 1 saturated carbocycles. The number of rotatable bonds is 6. The number of amides is 3. The zero-order valence-electron chi connectivity index (χ0n) is 23.1. The van der Waals surface area contributed by atoms with Crippen LogP contribution in [-0.4, -0.2) is 58.5 Å². The molecule has 1 aromatic carbocycles. The highest BCUT2D eigenvalue weighted by atomic mass is 35.5. The molecule has 2 fully saturated rings. The molecule has 9 nitrogen and oxygen atoms in total. The van der Waals surface area contributed by atoms with Crippen molar-refractivity contribution >= 4 is 40.2 Å². The van der Waals surface area contributed by atoms with E-state index in [9.17, 15) is 37.6 Å². The predicted molar refractivity (Wildman–Crippen MR) is 145 cm³/mol. The second kappa shape index (κ2) is 10.4. The van der Waals surface area contributed by atoms with E-state index in [2.05, 4.69) is 10.3 Å². The van der Waals surface area contributed by atoms with Crippen LogP contribution in [0.1, 0.15) is 40.2 Å². The molecule has 220 valence electrons. The minimum Gasteiger partial charge on any atom is -0.338 e. The van der Waals surface area contributed by atoms with E-state index in [4.69, 9.17) is 11.6 Å². The quantitative estimate of drug-likeness (QED) is 0.472. The molecule has 1 aromatic heterocycles. The van der Waals surface area contributed by atoms with Crippen LogP contribution in [0.5, 0.6) is 0 Å². The second-order valence-corrected chi connectivity index (χ2v) is 12.8. The topological polar surface area (TPSA) is 135 Å². The Bertz CT molecular complexity index is 1510. The number of likely N-dealkylation sites (tertiary alicyclic amines) is 1. The molecule has 5 atom stereocenters. The number of carbonyl (C=O) groups excluding carboxylic acids is 3. The Morgan fingerprint density at radius 2 is 1.85 bits per heavy atom. The van der Waals surface area contributed by atoms with Gasteiger partial charge in [-0.25, -0.2) is 0 Å². The summed E-state index contributed by atoms with van der Waals surface area (Å²) in [5.41, 5.74) is -1.11. The standard InChI is InChI=1S/C28H31ClF3N5O4/c1-26(2,3)21(36-25(41)28(30,31)32)24(40)37-12-17-19(27(17,4)5)20(37)23(39)34-16(11-33)9-14-8-13-6-7-15(29)10-18(13)35-22(14)38/h6-8,10,16-17,19-21H,9,12H2,1-5H3,(H,34,39)(H,35,38)(H,36,41)/t16?,17-,19+,20-,21+/m0/s1. The number of benzene rings is 1. The number of aromatic amines is 1. The molecule has 2 aromatic rings. The first-order valence-electron chi connectivity index (χ1n) is 13.1. The first kappa shape index (κ1) is 30.4. The maximum Gasteiger partial charge on any atom is 0.471 e. The monoisotopic (exact) mass is 593 g/mol. The molecule has 1 aliphatic heterocycles. The van der Waals surface area contributed by atoms with Gasteiger partial charge in [-0.15, -0.1) is 0 Å². The maximum absolute atomic E-state index is 13.6. The van der Waals surface area contributed by atoms with E-state index in [1.165, 1.54) is 25.7 Å². The number of fused-ring (bicyclic) bond motifs is 2. The number of nitrogens with one attached hydrogen (secondary N) is 3. The van der Waals surface area contributed by atoms with Crippen LogP contribution >= 0.6 is 11.6 Å². The summed E-state index contributed by atoms with van der Waals surface area (Å²) in [7, 11) is 0. The van der Waals surface area contributed by atoms with Gasteiger partial charge in [0.15, 0.2) is 0 Å². The lowest BCUT2D eigenvalue weighted by Gasteiger charge is -2.37. The molecule has 0 radical (unpaired) electrons. The number of piperidine rings is 1. The number of nitriles is 1. The number of H-pyrrole nitrogens is 1. The number of halogens is 4. The van der Waals surface area contributed by atoms with Crippen LogP contribution in [0, 0.1) is 34.0 Å². The second-order valence-electron chi connectivity index (χ2n) is 12.4. The van der Waals surface area contributed by atoms with Gasteiger partial charge in [-0.2, -0.15) is 18.4 Å². The molecule has 3 N–H and O–H groups in total. The molecule has 0 spiro atoms. The van der Waals surface area contributed by atoms with E-state index < -0.39 is 53.0 Å². The Morgan fingerprint density at radius 1 is 1.20 bits per heavy atom. The fourth-order valence-corrected chi connectivity index (χ4v) is 5.99. The van der Waals surface area contributed by atoms with E-state index in [0.717, 1.165) is 0 Å². The van der Waals surface area contributed by atoms with Crippen LogP contribution in [0.4, 0.5) is 13.2 Å². The van der Waals surface area contributed by atoms with Crippen molar-refractivity contribution < 1.29 is 27.6 Å². The predicted octanol–water partition coefficient (Wildman–Crippen LogP) is 3.31. The van der Waals surface area contributed by atoms with Gasteiger partial charge >= 0.3 is 12.1 Å². The molecule has 1 aliphatic carbocycles. The van der Waals surface area contributed by atoms with Gasteiger partial charge < -0.3 is 20.5 Å².